The summed E-state index contributed by atoms with van der Waals surface area (Å²) in [6.07, 6.45) is 10.1. The first-order valence-electron chi connectivity index (χ1n) is 17.5. The van der Waals surface area contributed by atoms with Crippen LogP contribution in [0.2, 0.25) is 0 Å². The van der Waals surface area contributed by atoms with Gasteiger partial charge in [-0.2, -0.15) is 0 Å². The maximum atomic E-state index is 14.0. The summed E-state index contributed by atoms with van der Waals surface area (Å²) in [4.78, 5) is 19.1. The fourth-order valence-corrected chi connectivity index (χ4v) is 9.31. The first-order chi connectivity index (χ1) is 23.3. The second-order valence-electron chi connectivity index (χ2n) is 14.5. The number of benzene rings is 2. The molecule has 0 radical (unpaired) electrons. The highest BCUT2D eigenvalue weighted by atomic mass is 19.1. The van der Waals surface area contributed by atoms with E-state index in [0.717, 1.165) is 31.4 Å². The van der Waals surface area contributed by atoms with E-state index < -0.39 is 6.17 Å². The highest BCUT2D eigenvalue weighted by Crippen LogP contribution is 2.61. The van der Waals surface area contributed by atoms with Crippen molar-refractivity contribution in [2.24, 2.45) is 22.2 Å². The lowest BCUT2D eigenvalue weighted by Gasteiger charge is -2.50. The molecule has 48 heavy (non-hydrogen) atoms. The van der Waals surface area contributed by atoms with Crippen molar-refractivity contribution in [1.29, 1.82) is 0 Å². The molecule has 1 N–H and O–H groups in total. The Morgan fingerprint density at radius 2 is 2.00 bits per heavy atom. The fourth-order valence-electron chi connectivity index (χ4n) is 9.31. The van der Waals surface area contributed by atoms with Crippen LogP contribution in [0.4, 0.5) is 10.1 Å². The summed E-state index contributed by atoms with van der Waals surface area (Å²) >= 11 is 0. The van der Waals surface area contributed by atoms with Crippen LogP contribution in [0.15, 0.2) is 41.5 Å². The highest BCUT2D eigenvalue weighted by molar-refractivity contribution is 6.03. The van der Waals surface area contributed by atoms with Crippen molar-refractivity contribution in [3.8, 4) is 17.2 Å². The number of carbonyl (C=O) groups is 1. The quantitative estimate of drug-likeness (QED) is 0.289. The van der Waals surface area contributed by atoms with E-state index in [1.54, 1.807) is 23.0 Å². The van der Waals surface area contributed by atoms with Gasteiger partial charge in [0.25, 0.3) is 5.91 Å². The number of aromatic nitrogens is 3. The van der Waals surface area contributed by atoms with Gasteiger partial charge >= 0.3 is 0 Å². The first kappa shape index (κ1) is 31.3. The van der Waals surface area contributed by atoms with Gasteiger partial charge in [0.1, 0.15) is 24.2 Å². The molecule has 0 bridgehead atoms. The third-order valence-corrected chi connectivity index (χ3v) is 11.9. The standard InChI is InChI=1S/C37H44FN5O5/c1-37-11-10-28-27-7-5-26(14-22(27)4-6-29(28)31(37)8-9-35(37)44)47-13-3-12-42-20-24(40-41-42)21-48-34-17-32-30(16-33(34)46-2)36(45)43-19-23(38)15-25(43)18-39-32/h5,7,14,16-18,20,23,25,28-29,31,35,44H,3-4,6,8-13,15,19,21H2,1-2H3/t23-,25+,28-,29-,31+,35+,37+/m1/s1. The number of amides is 1. The lowest BCUT2D eigenvalue weighted by Crippen LogP contribution is -2.43. The Balaban J connectivity index is 0.837. The number of rotatable bonds is 9. The van der Waals surface area contributed by atoms with Gasteiger partial charge in [-0.3, -0.25) is 14.5 Å². The van der Waals surface area contributed by atoms with Crippen LogP contribution >= 0.6 is 0 Å². The highest BCUT2D eigenvalue weighted by Gasteiger charge is 2.54. The molecular weight excluding hydrogens is 613 g/mol. The monoisotopic (exact) mass is 657 g/mol. The van der Waals surface area contributed by atoms with E-state index in [9.17, 15) is 14.3 Å². The van der Waals surface area contributed by atoms with E-state index in [-0.39, 0.29) is 43.0 Å². The molecular formula is C37H44FN5O5. The molecule has 10 nitrogen and oxygen atoms in total. The average Bonchev–Trinajstić information content (AvgIpc) is 3.78. The summed E-state index contributed by atoms with van der Waals surface area (Å²) in [5, 5.41) is 19.2. The van der Waals surface area contributed by atoms with Crippen molar-refractivity contribution in [1.82, 2.24) is 19.9 Å². The average molecular weight is 658 g/mol. The summed E-state index contributed by atoms with van der Waals surface area (Å²) in [6.45, 7) is 3.79. The van der Waals surface area contributed by atoms with Gasteiger partial charge in [0.2, 0.25) is 0 Å². The minimum Gasteiger partial charge on any atom is -0.494 e. The van der Waals surface area contributed by atoms with Gasteiger partial charge in [-0.1, -0.05) is 18.2 Å². The predicted octanol–water partition coefficient (Wildman–Crippen LogP) is 5.82. The number of aliphatic imine (C=N–C) groups is 1. The maximum absolute atomic E-state index is 14.0. The molecule has 254 valence electrons. The molecule has 1 aromatic heterocycles. The van der Waals surface area contributed by atoms with Crippen molar-refractivity contribution in [3.63, 3.8) is 0 Å². The number of halogens is 1. The van der Waals surface area contributed by atoms with Crippen LogP contribution in [0, 0.1) is 17.3 Å². The Bertz CT molecular complexity index is 1730. The second kappa shape index (κ2) is 12.5. The van der Waals surface area contributed by atoms with Crippen LogP contribution in [0.1, 0.15) is 85.0 Å². The lowest BCUT2D eigenvalue weighted by atomic mass is 9.55. The third kappa shape index (κ3) is 5.53. The fraction of sp³-hybridized carbons (Fsp3) is 0.568. The van der Waals surface area contributed by atoms with E-state index in [1.807, 2.05) is 6.20 Å². The Morgan fingerprint density at radius 1 is 1.10 bits per heavy atom. The Labute approximate surface area is 280 Å². The molecule has 1 amide bonds. The molecule has 0 unspecified atom stereocenters. The maximum Gasteiger partial charge on any atom is 0.256 e. The van der Waals surface area contributed by atoms with Gasteiger partial charge in [0.05, 0.1) is 49.9 Å². The number of aliphatic hydroxyl groups excluding tert-OH is 1. The number of nitrogens with zero attached hydrogens (tertiary/aromatic N) is 5. The summed E-state index contributed by atoms with van der Waals surface area (Å²) in [5.41, 5.74) is 4.53. The summed E-state index contributed by atoms with van der Waals surface area (Å²) in [7, 11) is 1.51. The number of carbonyl (C=O) groups excluding carboxylic acids is 1. The number of ether oxygens (including phenoxy) is 3. The van der Waals surface area contributed by atoms with Gasteiger partial charge in [0.15, 0.2) is 11.5 Å². The Morgan fingerprint density at radius 3 is 2.88 bits per heavy atom. The molecule has 2 aromatic carbocycles. The minimum absolute atomic E-state index is 0.0690. The molecule has 1 saturated heterocycles. The van der Waals surface area contributed by atoms with Crippen molar-refractivity contribution in [2.45, 2.75) is 95.7 Å². The van der Waals surface area contributed by atoms with Gasteiger partial charge in [-0.15, -0.1) is 5.10 Å². The van der Waals surface area contributed by atoms with Crippen LogP contribution in [0.3, 0.4) is 0 Å². The molecule has 3 aromatic rings. The third-order valence-electron chi connectivity index (χ3n) is 11.9. The van der Waals surface area contributed by atoms with Crippen LogP contribution in [0.5, 0.6) is 17.2 Å². The van der Waals surface area contributed by atoms with Crippen LogP contribution in [0.25, 0.3) is 0 Å². The molecule has 5 aliphatic rings. The predicted molar refractivity (Wildman–Crippen MR) is 177 cm³/mol. The van der Waals surface area contributed by atoms with Crippen LogP contribution < -0.4 is 14.2 Å². The topological polar surface area (TPSA) is 111 Å². The molecule has 3 heterocycles. The number of alkyl halides is 1. The molecule has 11 heteroatoms. The molecule has 3 fully saturated rings. The number of aryl methyl sites for hydroxylation is 2. The zero-order valence-corrected chi connectivity index (χ0v) is 27.7. The van der Waals surface area contributed by atoms with Crippen molar-refractivity contribution < 1.29 is 28.5 Å². The summed E-state index contributed by atoms with van der Waals surface area (Å²) in [5.74, 6) is 3.44. The number of methoxy groups -OCH3 is 1. The molecule has 2 saturated carbocycles. The van der Waals surface area contributed by atoms with Crippen molar-refractivity contribution in [2.75, 3.05) is 20.3 Å². The van der Waals surface area contributed by atoms with Gasteiger partial charge in [0, 0.05) is 31.7 Å². The normalized spacial score (nSPS) is 30.2. The molecule has 8 rings (SSSR count). The first-order valence-corrected chi connectivity index (χ1v) is 17.5. The molecule has 0 spiro atoms. The summed E-state index contributed by atoms with van der Waals surface area (Å²) in [6, 6.07) is 9.62. The number of aliphatic hydroxyl groups is 1. The zero-order valence-electron chi connectivity index (χ0n) is 27.7. The van der Waals surface area contributed by atoms with E-state index in [0.29, 0.717) is 59.3 Å². The van der Waals surface area contributed by atoms with Crippen LogP contribution in [-0.2, 0) is 19.6 Å². The molecule has 3 aliphatic carbocycles. The SMILES string of the molecule is COc1cc2c(cc1OCc1cn(CCCOc3ccc4c(c3)CC[C@@H]3[C@@H]4CC[C@]4(C)[C@@H](O)CC[C@@H]34)nn1)N=C[C@@H]1C[C@@H](F)CN1C2=O. The Hall–Kier alpha value is -3.99. The van der Waals surface area contributed by atoms with E-state index in [2.05, 4.69) is 40.4 Å². The number of hydrogen-bond donors (Lipinski definition) is 1. The van der Waals surface area contributed by atoms with Crippen LogP contribution in [-0.4, -0.2) is 75.7 Å². The van der Waals surface area contributed by atoms with E-state index >= 15 is 0 Å². The number of fused-ring (bicyclic) bond motifs is 7. The van der Waals surface area contributed by atoms with Gasteiger partial charge in [-0.05, 0) is 91.0 Å². The van der Waals surface area contributed by atoms with E-state index in [1.165, 1.54) is 42.4 Å². The lowest BCUT2D eigenvalue weighted by molar-refractivity contribution is -0.0226. The van der Waals surface area contributed by atoms with Gasteiger partial charge < -0.3 is 24.2 Å². The minimum atomic E-state index is -1.04. The largest absolute Gasteiger partial charge is 0.494 e. The Kier molecular flexibility index (Phi) is 8.13. The zero-order chi connectivity index (χ0) is 33.0. The van der Waals surface area contributed by atoms with E-state index in [4.69, 9.17) is 14.2 Å². The molecule has 7 atom stereocenters. The second-order valence-corrected chi connectivity index (χ2v) is 14.5. The van der Waals surface area contributed by atoms with Gasteiger partial charge in [-0.25, -0.2) is 4.39 Å². The molecule has 2 aliphatic heterocycles. The van der Waals surface area contributed by atoms with Crippen molar-refractivity contribution >= 4 is 17.8 Å². The number of hydrogen-bond acceptors (Lipinski definition) is 8. The summed E-state index contributed by atoms with van der Waals surface area (Å²) < 4.78 is 33.5. The van der Waals surface area contributed by atoms with Crippen molar-refractivity contribution in [3.05, 3.63) is 58.9 Å². The smallest absolute Gasteiger partial charge is 0.256 e.